The average Bonchev–Trinajstić information content (AvgIpc) is 3.19. The van der Waals surface area contributed by atoms with Crippen molar-refractivity contribution in [2.45, 2.75) is 13.0 Å². The van der Waals surface area contributed by atoms with Gasteiger partial charge in [-0.3, -0.25) is 0 Å². The second-order valence-corrected chi connectivity index (χ2v) is 9.73. The maximum absolute atomic E-state index is 12.7. The van der Waals surface area contributed by atoms with Crippen LogP contribution in [0.25, 0.3) is 33.4 Å². The van der Waals surface area contributed by atoms with E-state index in [0.29, 0.717) is 24.8 Å². The van der Waals surface area contributed by atoms with Gasteiger partial charge in [-0.25, -0.2) is 24.2 Å². The highest BCUT2D eigenvalue weighted by Crippen LogP contribution is 2.35. The standard InChI is InChI=1S/C29H26N4O9/c1-31-12-5-13-32(15-14-31)29-30-23-24(33(29)16-17-38-18-6-3-2-4-7-18)26-28(42-22(37)11-9-20(35)40-26)27-25(23)39-19(34)8-10-21(36)41-27/h2-4,6-11H,5,12-17H2,1H3. The van der Waals surface area contributed by atoms with Gasteiger partial charge in [-0.1, -0.05) is 18.2 Å². The molecule has 6 rings (SSSR count). The molecule has 0 unspecified atom stereocenters. The largest absolute Gasteiger partial charge is 0.492 e. The molecule has 0 N–H and O–H groups in total. The number of ether oxygens (including phenoxy) is 1. The van der Waals surface area contributed by atoms with Gasteiger partial charge in [0, 0.05) is 43.9 Å². The molecule has 2 aromatic carbocycles. The molecule has 1 aliphatic heterocycles. The van der Waals surface area contributed by atoms with E-state index in [4.69, 9.17) is 27.4 Å². The Morgan fingerprint density at radius 1 is 0.714 bits per heavy atom. The molecule has 0 spiro atoms. The maximum atomic E-state index is 12.7. The van der Waals surface area contributed by atoms with Gasteiger partial charge in [-0.15, -0.1) is 0 Å². The Bertz CT molecular complexity index is 2070. The van der Waals surface area contributed by atoms with Crippen molar-refractivity contribution >= 4 is 39.3 Å². The molecule has 3 aromatic heterocycles. The molecule has 0 atom stereocenters. The minimum absolute atomic E-state index is 0.0703. The molecule has 42 heavy (non-hydrogen) atoms. The second-order valence-electron chi connectivity index (χ2n) is 9.73. The molecule has 1 fully saturated rings. The van der Waals surface area contributed by atoms with E-state index in [1.807, 2.05) is 37.4 Å². The molecule has 0 saturated carbocycles. The topological polar surface area (TPSA) is 154 Å². The van der Waals surface area contributed by atoms with Crippen molar-refractivity contribution in [1.82, 2.24) is 14.5 Å². The van der Waals surface area contributed by atoms with Crippen molar-refractivity contribution in [3.05, 3.63) is 96.3 Å². The third kappa shape index (κ3) is 5.41. The number of likely N-dealkylation sites (N-methyl/N-ethyl adjacent to an activating group) is 1. The summed E-state index contributed by atoms with van der Waals surface area (Å²) < 4.78 is 29.9. The van der Waals surface area contributed by atoms with E-state index in [-0.39, 0.29) is 35.4 Å². The summed E-state index contributed by atoms with van der Waals surface area (Å²) >= 11 is 0. The first-order valence-electron chi connectivity index (χ1n) is 13.3. The smallest absolute Gasteiger partial charge is 0.336 e. The van der Waals surface area contributed by atoms with Crippen LogP contribution in [0.3, 0.4) is 0 Å². The van der Waals surface area contributed by atoms with Crippen LogP contribution in [0.4, 0.5) is 5.95 Å². The first kappa shape index (κ1) is 27.0. The number of nitrogens with zero attached hydrogens (tertiary/aromatic N) is 4. The number of fused-ring (bicyclic) bond motifs is 6. The van der Waals surface area contributed by atoms with Crippen molar-refractivity contribution in [2.75, 3.05) is 44.7 Å². The number of aromatic nitrogens is 2. The van der Waals surface area contributed by atoms with Crippen molar-refractivity contribution in [3.63, 3.8) is 0 Å². The zero-order valence-electron chi connectivity index (χ0n) is 22.6. The number of imidazole rings is 1. The fraction of sp³-hybridized carbons (Fsp3) is 0.276. The second kappa shape index (κ2) is 11.4. The molecule has 0 aliphatic carbocycles. The Labute approximate surface area is 236 Å². The number of hydrogen-bond donors (Lipinski definition) is 0. The van der Waals surface area contributed by atoms with Crippen LogP contribution in [0.15, 0.2) is 91.4 Å². The third-order valence-electron chi connectivity index (χ3n) is 6.85. The number of anilines is 1. The van der Waals surface area contributed by atoms with E-state index in [0.717, 1.165) is 43.8 Å². The molecule has 13 nitrogen and oxygen atoms in total. The zero-order valence-corrected chi connectivity index (χ0v) is 22.6. The fourth-order valence-corrected chi connectivity index (χ4v) is 4.91. The molecule has 1 saturated heterocycles. The number of rotatable bonds is 5. The van der Waals surface area contributed by atoms with E-state index < -0.39 is 33.7 Å². The van der Waals surface area contributed by atoms with Crippen molar-refractivity contribution in [1.29, 1.82) is 0 Å². The van der Waals surface area contributed by atoms with Gasteiger partial charge >= 0.3 is 22.5 Å². The molecular weight excluding hydrogens is 548 g/mol. The van der Waals surface area contributed by atoms with Crippen LogP contribution in [0.5, 0.6) is 5.75 Å². The maximum Gasteiger partial charge on any atom is 0.336 e. The molecule has 0 bridgehead atoms. The van der Waals surface area contributed by atoms with Crippen LogP contribution in [0.1, 0.15) is 6.42 Å². The Morgan fingerprint density at radius 3 is 1.98 bits per heavy atom. The van der Waals surface area contributed by atoms with Crippen molar-refractivity contribution in [2.24, 2.45) is 0 Å². The normalized spacial score (nSPS) is 14.3. The summed E-state index contributed by atoms with van der Waals surface area (Å²) in [6, 6.07) is 12.8. The summed E-state index contributed by atoms with van der Waals surface area (Å²) in [5.74, 6) is 1.13. The van der Waals surface area contributed by atoms with Crippen LogP contribution in [0, 0.1) is 0 Å². The lowest BCUT2D eigenvalue weighted by Gasteiger charge is -2.23. The van der Waals surface area contributed by atoms with Gasteiger partial charge in [0.2, 0.25) is 28.3 Å². The Balaban J connectivity index is 1.72. The van der Waals surface area contributed by atoms with Gasteiger partial charge in [0.15, 0.2) is 0 Å². The SMILES string of the molecule is CN1CCCN(c2nc3c4oc(=O)ccc(=O)oc4c4oc(=O)ccc(=O)oc4c3n2CCOc2ccccc2)CC1. The minimum atomic E-state index is -0.930. The fourth-order valence-electron chi connectivity index (χ4n) is 4.91. The van der Waals surface area contributed by atoms with Gasteiger partial charge in [-0.2, -0.15) is 0 Å². The molecule has 0 radical (unpaired) electrons. The van der Waals surface area contributed by atoms with E-state index >= 15 is 0 Å². The van der Waals surface area contributed by atoms with Crippen LogP contribution >= 0.6 is 0 Å². The highest BCUT2D eigenvalue weighted by atomic mass is 16.5. The van der Waals surface area contributed by atoms with Crippen LogP contribution in [-0.4, -0.2) is 54.3 Å². The van der Waals surface area contributed by atoms with Gasteiger partial charge in [0.1, 0.15) is 23.4 Å². The lowest BCUT2D eigenvalue weighted by Crippen LogP contribution is -2.31. The number of para-hydroxylation sites is 1. The van der Waals surface area contributed by atoms with Gasteiger partial charge in [0.25, 0.3) is 0 Å². The predicted octanol–water partition coefficient (Wildman–Crippen LogP) is 2.50. The summed E-state index contributed by atoms with van der Waals surface area (Å²) in [6.07, 6.45) is 0.852. The monoisotopic (exact) mass is 574 g/mol. The molecule has 1 aliphatic rings. The summed E-state index contributed by atoms with van der Waals surface area (Å²) in [7, 11) is 2.04. The lowest BCUT2D eigenvalue weighted by molar-refractivity contribution is 0.300. The summed E-state index contributed by atoms with van der Waals surface area (Å²) in [4.78, 5) is 59.5. The number of benzene rings is 2. The molecule has 216 valence electrons. The summed E-state index contributed by atoms with van der Waals surface area (Å²) in [5, 5.41) is 0. The quantitative estimate of drug-likeness (QED) is 0.303. The first-order chi connectivity index (χ1) is 20.4. The summed E-state index contributed by atoms with van der Waals surface area (Å²) in [6.45, 7) is 3.33. The first-order valence-corrected chi connectivity index (χ1v) is 13.3. The van der Waals surface area contributed by atoms with Crippen LogP contribution in [-0.2, 0) is 6.54 Å². The van der Waals surface area contributed by atoms with Gasteiger partial charge in [-0.05, 0) is 32.1 Å². The Morgan fingerprint density at radius 2 is 1.31 bits per heavy atom. The Kier molecular flexibility index (Phi) is 7.32. The van der Waals surface area contributed by atoms with E-state index in [1.54, 1.807) is 4.57 Å². The molecule has 13 heteroatoms. The van der Waals surface area contributed by atoms with Crippen molar-refractivity contribution in [3.8, 4) is 5.75 Å². The third-order valence-corrected chi connectivity index (χ3v) is 6.85. The predicted molar refractivity (Wildman–Crippen MR) is 153 cm³/mol. The van der Waals surface area contributed by atoms with Gasteiger partial charge in [0.05, 0.1) is 6.54 Å². The summed E-state index contributed by atoms with van der Waals surface area (Å²) in [5.41, 5.74) is -4.62. The minimum Gasteiger partial charge on any atom is -0.492 e. The highest BCUT2D eigenvalue weighted by molar-refractivity contribution is 6.15. The highest BCUT2D eigenvalue weighted by Gasteiger charge is 2.27. The molecule has 0 amide bonds. The van der Waals surface area contributed by atoms with E-state index in [1.165, 1.54) is 0 Å². The lowest BCUT2D eigenvalue weighted by atomic mass is 10.2. The average molecular weight is 575 g/mol. The molecular formula is C29H26N4O9. The Hall–Kier alpha value is -5.17. The van der Waals surface area contributed by atoms with Crippen LogP contribution < -0.4 is 32.1 Å². The zero-order chi connectivity index (χ0) is 29.2. The van der Waals surface area contributed by atoms with Crippen molar-refractivity contribution < 1.29 is 22.4 Å². The van der Waals surface area contributed by atoms with Gasteiger partial charge < -0.3 is 36.8 Å². The molecule has 5 aromatic rings. The van der Waals surface area contributed by atoms with E-state index in [9.17, 15) is 19.2 Å². The molecule has 4 heterocycles. The van der Waals surface area contributed by atoms with E-state index in [2.05, 4.69) is 9.80 Å². The van der Waals surface area contributed by atoms with Crippen LogP contribution in [0.2, 0.25) is 0 Å². The number of hydrogen-bond acceptors (Lipinski definition) is 12.